The van der Waals surface area contributed by atoms with E-state index in [2.05, 4.69) is 29.2 Å². The van der Waals surface area contributed by atoms with Crippen LogP contribution >= 0.6 is 0 Å². The molecule has 1 fully saturated rings. The smallest absolute Gasteiger partial charge is 0.129 e. The molecule has 106 valence electrons. The Kier molecular flexibility index (Phi) is 3.38. The molecule has 0 saturated carbocycles. The van der Waals surface area contributed by atoms with Gasteiger partial charge in [-0.05, 0) is 50.8 Å². The number of para-hydroxylation sites is 1. The number of aromatic nitrogens is 1. The Hall–Kier alpha value is -1.61. The Morgan fingerprint density at radius 3 is 2.50 bits per heavy atom. The minimum absolute atomic E-state index is 0.388. The number of hydrogen-bond donors (Lipinski definition) is 1. The van der Waals surface area contributed by atoms with Crippen LogP contribution in [0.4, 0.5) is 5.82 Å². The van der Waals surface area contributed by atoms with Gasteiger partial charge in [0.25, 0.3) is 0 Å². The first-order valence-electron chi connectivity index (χ1n) is 7.37. The quantitative estimate of drug-likeness (QED) is 0.910. The van der Waals surface area contributed by atoms with Crippen LogP contribution in [0.15, 0.2) is 36.4 Å². The normalized spacial score (nSPS) is 17.6. The molecule has 0 spiro atoms. The van der Waals surface area contributed by atoms with Crippen LogP contribution in [-0.4, -0.2) is 28.8 Å². The summed E-state index contributed by atoms with van der Waals surface area (Å²) in [6, 6.07) is 12.5. The van der Waals surface area contributed by atoms with E-state index in [4.69, 9.17) is 4.98 Å². The van der Waals surface area contributed by atoms with E-state index in [9.17, 15) is 5.11 Å². The second-order valence-corrected chi connectivity index (χ2v) is 6.28. The van der Waals surface area contributed by atoms with E-state index in [-0.39, 0.29) is 0 Å². The molecular formula is C17H22N2O. The van der Waals surface area contributed by atoms with E-state index >= 15 is 0 Å². The van der Waals surface area contributed by atoms with E-state index in [1.54, 1.807) is 0 Å². The second-order valence-electron chi connectivity index (χ2n) is 6.28. The fourth-order valence-corrected chi connectivity index (χ4v) is 3.05. The summed E-state index contributed by atoms with van der Waals surface area (Å²) in [4.78, 5) is 7.08. The van der Waals surface area contributed by atoms with Crippen LogP contribution < -0.4 is 4.90 Å². The van der Waals surface area contributed by atoms with Crippen molar-refractivity contribution >= 4 is 16.7 Å². The highest BCUT2D eigenvalue weighted by atomic mass is 16.3. The maximum absolute atomic E-state index is 10.1. The topological polar surface area (TPSA) is 36.4 Å². The van der Waals surface area contributed by atoms with Crippen molar-refractivity contribution in [3.05, 3.63) is 36.4 Å². The minimum atomic E-state index is -0.567. The molecular weight excluding hydrogens is 248 g/mol. The van der Waals surface area contributed by atoms with E-state index in [1.165, 1.54) is 5.39 Å². The Morgan fingerprint density at radius 2 is 1.80 bits per heavy atom. The van der Waals surface area contributed by atoms with Crippen molar-refractivity contribution in [3.63, 3.8) is 0 Å². The molecule has 3 rings (SSSR count). The van der Waals surface area contributed by atoms with Crippen LogP contribution in [0.2, 0.25) is 0 Å². The lowest BCUT2D eigenvalue weighted by Gasteiger charge is -2.38. The van der Waals surface area contributed by atoms with Crippen molar-refractivity contribution in [2.45, 2.75) is 32.3 Å². The lowest BCUT2D eigenvalue weighted by molar-refractivity contribution is 0.00646. The standard InChI is InChI=1S/C17H22N2O/c1-17(2,20)14-9-11-19(12-10-14)16-8-7-13-5-3-4-6-15(13)18-16/h3-8,14,20H,9-12H2,1-2H3. The third-order valence-corrected chi connectivity index (χ3v) is 4.40. The number of nitrogens with zero attached hydrogens (tertiary/aromatic N) is 2. The molecule has 2 aromatic rings. The van der Waals surface area contributed by atoms with Gasteiger partial charge in [0.15, 0.2) is 0 Å². The molecule has 1 N–H and O–H groups in total. The predicted molar refractivity (Wildman–Crippen MR) is 83.0 cm³/mol. The Morgan fingerprint density at radius 1 is 1.10 bits per heavy atom. The first-order chi connectivity index (χ1) is 9.54. The number of fused-ring (bicyclic) bond motifs is 1. The van der Waals surface area contributed by atoms with Gasteiger partial charge in [-0.1, -0.05) is 18.2 Å². The largest absolute Gasteiger partial charge is 0.390 e. The SMILES string of the molecule is CC(C)(O)C1CCN(c2ccc3ccccc3n2)CC1. The van der Waals surface area contributed by atoms with Crippen molar-refractivity contribution in [1.82, 2.24) is 4.98 Å². The van der Waals surface area contributed by atoms with Crippen molar-refractivity contribution in [1.29, 1.82) is 0 Å². The molecule has 3 heteroatoms. The molecule has 0 bridgehead atoms. The number of hydrogen-bond acceptors (Lipinski definition) is 3. The zero-order valence-electron chi connectivity index (χ0n) is 12.2. The van der Waals surface area contributed by atoms with Gasteiger partial charge in [-0.25, -0.2) is 4.98 Å². The lowest BCUT2D eigenvalue weighted by atomic mass is 9.83. The van der Waals surface area contributed by atoms with Crippen molar-refractivity contribution in [2.24, 2.45) is 5.92 Å². The van der Waals surface area contributed by atoms with Gasteiger partial charge in [-0.2, -0.15) is 0 Å². The lowest BCUT2D eigenvalue weighted by Crippen LogP contribution is -2.42. The van der Waals surface area contributed by atoms with Crippen LogP contribution in [0, 0.1) is 5.92 Å². The first kappa shape index (κ1) is 13.4. The molecule has 1 aromatic heterocycles. The monoisotopic (exact) mass is 270 g/mol. The number of pyridine rings is 1. The fourth-order valence-electron chi connectivity index (χ4n) is 3.05. The van der Waals surface area contributed by atoms with E-state index in [0.717, 1.165) is 37.3 Å². The summed E-state index contributed by atoms with van der Waals surface area (Å²) in [6.07, 6.45) is 2.05. The zero-order valence-corrected chi connectivity index (χ0v) is 12.2. The van der Waals surface area contributed by atoms with Crippen LogP contribution in [-0.2, 0) is 0 Å². The molecule has 0 aliphatic carbocycles. The molecule has 0 amide bonds. The number of anilines is 1. The molecule has 3 nitrogen and oxygen atoms in total. The minimum Gasteiger partial charge on any atom is -0.390 e. The molecule has 1 aliphatic rings. The van der Waals surface area contributed by atoms with Crippen molar-refractivity contribution < 1.29 is 5.11 Å². The first-order valence-corrected chi connectivity index (χ1v) is 7.37. The van der Waals surface area contributed by atoms with Crippen LogP contribution in [0.25, 0.3) is 10.9 Å². The summed E-state index contributed by atoms with van der Waals surface area (Å²) >= 11 is 0. The van der Waals surface area contributed by atoms with E-state index < -0.39 is 5.60 Å². The van der Waals surface area contributed by atoms with Crippen molar-refractivity contribution in [2.75, 3.05) is 18.0 Å². The number of rotatable bonds is 2. The highest BCUT2D eigenvalue weighted by molar-refractivity contribution is 5.80. The van der Waals surface area contributed by atoms with Crippen LogP contribution in [0.5, 0.6) is 0 Å². The van der Waals surface area contributed by atoms with E-state index in [0.29, 0.717) is 5.92 Å². The summed E-state index contributed by atoms with van der Waals surface area (Å²) in [5.74, 6) is 1.44. The van der Waals surface area contributed by atoms with Crippen LogP contribution in [0.1, 0.15) is 26.7 Å². The molecule has 1 saturated heterocycles. The molecule has 1 aromatic carbocycles. The predicted octanol–water partition coefficient (Wildman–Crippen LogP) is 3.22. The number of aliphatic hydroxyl groups is 1. The Bertz CT molecular complexity index is 595. The number of benzene rings is 1. The molecule has 0 unspecified atom stereocenters. The zero-order chi connectivity index (χ0) is 14.2. The third-order valence-electron chi connectivity index (χ3n) is 4.40. The van der Waals surface area contributed by atoms with Gasteiger partial charge in [0.05, 0.1) is 11.1 Å². The third kappa shape index (κ3) is 2.63. The fraction of sp³-hybridized carbons (Fsp3) is 0.471. The molecule has 1 aliphatic heterocycles. The van der Waals surface area contributed by atoms with Gasteiger partial charge in [0, 0.05) is 18.5 Å². The van der Waals surface area contributed by atoms with Gasteiger partial charge < -0.3 is 10.0 Å². The molecule has 0 atom stereocenters. The van der Waals surface area contributed by atoms with Gasteiger partial charge in [0.2, 0.25) is 0 Å². The highest BCUT2D eigenvalue weighted by Crippen LogP contribution is 2.30. The second kappa shape index (κ2) is 5.06. The summed E-state index contributed by atoms with van der Waals surface area (Å²) in [5.41, 5.74) is 0.484. The molecule has 20 heavy (non-hydrogen) atoms. The molecule has 2 heterocycles. The van der Waals surface area contributed by atoms with Crippen molar-refractivity contribution in [3.8, 4) is 0 Å². The van der Waals surface area contributed by atoms with Gasteiger partial charge in [0.1, 0.15) is 5.82 Å². The Labute approximate surface area is 120 Å². The van der Waals surface area contributed by atoms with Crippen LogP contribution in [0.3, 0.4) is 0 Å². The summed E-state index contributed by atoms with van der Waals surface area (Å²) in [5, 5.41) is 11.3. The summed E-state index contributed by atoms with van der Waals surface area (Å²) in [6.45, 7) is 5.78. The molecule has 0 radical (unpaired) electrons. The average Bonchev–Trinajstić information content (AvgIpc) is 2.46. The van der Waals surface area contributed by atoms with Gasteiger partial charge in [-0.15, -0.1) is 0 Å². The number of piperidine rings is 1. The maximum atomic E-state index is 10.1. The summed E-state index contributed by atoms with van der Waals surface area (Å²) in [7, 11) is 0. The van der Waals surface area contributed by atoms with E-state index in [1.807, 2.05) is 26.0 Å². The highest BCUT2D eigenvalue weighted by Gasteiger charge is 2.30. The summed E-state index contributed by atoms with van der Waals surface area (Å²) < 4.78 is 0. The average molecular weight is 270 g/mol. The van der Waals surface area contributed by atoms with Gasteiger partial charge >= 0.3 is 0 Å². The Balaban J connectivity index is 1.76. The van der Waals surface area contributed by atoms with Gasteiger partial charge in [-0.3, -0.25) is 0 Å². The maximum Gasteiger partial charge on any atom is 0.129 e.